The van der Waals surface area contributed by atoms with E-state index >= 15 is 0 Å². The number of aliphatic hydroxyl groups excluding tert-OH is 1. The average Bonchev–Trinajstić information content (AvgIpc) is 2.84. The maximum Gasteiger partial charge on any atom is 0.0724 e. The zero-order chi connectivity index (χ0) is 15.5. The fourth-order valence-corrected chi connectivity index (χ4v) is 7.49. The zero-order valence-corrected chi connectivity index (χ0v) is 14.8. The molecule has 1 nitrogen and oxygen atoms in total. The van der Waals surface area contributed by atoms with Gasteiger partial charge >= 0.3 is 0 Å². The number of allylic oxidation sites excluding steroid dienone is 1. The van der Waals surface area contributed by atoms with Crippen LogP contribution >= 0.6 is 0 Å². The van der Waals surface area contributed by atoms with E-state index in [1.165, 1.54) is 51.4 Å². The second kappa shape index (κ2) is 5.10. The highest BCUT2D eigenvalue weighted by molar-refractivity contribution is 5.25. The molecule has 0 spiro atoms. The molecule has 1 heteroatoms. The van der Waals surface area contributed by atoms with Gasteiger partial charge in [0.05, 0.1) is 6.10 Å². The number of aliphatic hydroxyl groups is 1. The van der Waals surface area contributed by atoms with Crippen molar-refractivity contribution in [3.63, 3.8) is 0 Å². The maximum atomic E-state index is 10.0. The molecule has 7 unspecified atom stereocenters. The van der Waals surface area contributed by atoms with E-state index in [2.05, 4.69) is 26.8 Å². The molecule has 0 aromatic heterocycles. The summed E-state index contributed by atoms with van der Waals surface area (Å²) in [6.07, 6.45) is 14.2. The van der Waals surface area contributed by atoms with E-state index < -0.39 is 0 Å². The van der Waals surface area contributed by atoms with Crippen molar-refractivity contribution in [2.45, 2.75) is 84.7 Å². The van der Waals surface area contributed by atoms with Gasteiger partial charge in [-0.25, -0.2) is 0 Å². The third kappa shape index (κ3) is 1.93. The van der Waals surface area contributed by atoms with Gasteiger partial charge in [0.15, 0.2) is 0 Å². The van der Waals surface area contributed by atoms with Crippen molar-refractivity contribution < 1.29 is 5.11 Å². The smallest absolute Gasteiger partial charge is 0.0724 e. The van der Waals surface area contributed by atoms with Gasteiger partial charge in [-0.1, -0.05) is 38.8 Å². The predicted molar refractivity (Wildman–Crippen MR) is 91.5 cm³/mol. The lowest BCUT2D eigenvalue weighted by molar-refractivity contribution is -0.0554. The van der Waals surface area contributed by atoms with Crippen LogP contribution in [0.1, 0.15) is 78.6 Å². The largest absolute Gasteiger partial charge is 0.389 e. The van der Waals surface area contributed by atoms with Gasteiger partial charge in [0.2, 0.25) is 0 Å². The van der Waals surface area contributed by atoms with Gasteiger partial charge in [0.25, 0.3) is 0 Å². The Kier molecular flexibility index (Phi) is 3.53. The lowest BCUT2D eigenvalue weighted by atomic mass is 9.46. The number of hydrogen-bond donors (Lipinski definition) is 1. The molecule has 0 aromatic rings. The van der Waals surface area contributed by atoms with Gasteiger partial charge in [-0.3, -0.25) is 0 Å². The summed E-state index contributed by atoms with van der Waals surface area (Å²) in [7, 11) is 0. The van der Waals surface area contributed by atoms with Crippen molar-refractivity contribution in [2.24, 2.45) is 34.5 Å². The summed E-state index contributed by atoms with van der Waals surface area (Å²) < 4.78 is 0. The minimum absolute atomic E-state index is 0.163. The summed E-state index contributed by atoms with van der Waals surface area (Å²) >= 11 is 0. The Labute approximate surface area is 136 Å². The topological polar surface area (TPSA) is 20.2 Å². The maximum absolute atomic E-state index is 10.0. The zero-order valence-electron chi connectivity index (χ0n) is 14.8. The van der Waals surface area contributed by atoms with Gasteiger partial charge in [-0.15, -0.1) is 0 Å². The van der Waals surface area contributed by atoms with E-state index in [-0.39, 0.29) is 6.10 Å². The van der Waals surface area contributed by atoms with Crippen LogP contribution < -0.4 is 0 Å². The van der Waals surface area contributed by atoms with E-state index in [1.54, 1.807) is 5.57 Å². The van der Waals surface area contributed by atoms with E-state index in [0.717, 1.165) is 30.1 Å². The Balaban J connectivity index is 1.65. The first kappa shape index (κ1) is 15.2. The SMILES string of the molecule is CCC1CCC2C3CCC4=CC(O)CCC4(C)C3CCC12C. The summed E-state index contributed by atoms with van der Waals surface area (Å²) in [5, 5.41) is 10.0. The van der Waals surface area contributed by atoms with Crippen LogP contribution in [0.4, 0.5) is 0 Å². The third-order valence-electron chi connectivity index (χ3n) is 8.78. The quantitative estimate of drug-likeness (QED) is 0.648. The Morgan fingerprint density at radius 2 is 1.86 bits per heavy atom. The molecule has 4 rings (SSSR count). The van der Waals surface area contributed by atoms with Crippen molar-refractivity contribution in [3.05, 3.63) is 11.6 Å². The standard InChI is InChI=1S/C21H34O/c1-4-14-6-8-18-17-7-5-15-13-16(22)9-11-21(15,3)19(17)10-12-20(14,18)2/h13-14,16-19,22H,4-12H2,1-3H3. The Bertz CT molecular complexity index is 480. The van der Waals surface area contributed by atoms with Gasteiger partial charge in [-0.2, -0.15) is 0 Å². The Morgan fingerprint density at radius 3 is 2.64 bits per heavy atom. The number of hydrogen-bond acceptors (Lipinski definition) is 1. The molecule has 3 saturated carbocycles. The minimum atomic E-state index is -0.163. The third-order valence-corrected chi connectivity index (χ3v) is 8.78. The highest BCUT2D eigenvalue weighted by Crippen LogP contribution is 2.67. The number of rotatable bonds is 1. The molecule has 22 heavy (non-hydrogen) atoms. The van der Waals surface area contributed by atoms with E-state index in [0.29, 0.717) is 10.8 Å². The van der Waals surface area contributed by atoms with E-state index in [1.807, 2.05) is 0 Å². The Hall–Kier alpha value is -0.300. The second-order valence-corrected chi connectivity index (χ2v) is 9.36. The highest BCUT2D eigenvalue weighted by atomic mass is 16.3. The van der Waals surface area contributed by atoms with Crippen LogP contribution in [-0.4, -0.2) is 11.2 Å². The first-order valence-electron chi connectivity index (χ1n) is 9.88. The van der Waals surface area contributed by atoms with Crippen molar-refractivity contribution in [3.8, 4) is 0 Å². The monoisotopic (exact) mass is 302 g/mol. The van der Waals surface area contributed by atoms with Gasteiger partial charge in [0.1, 0.15) is 0 Å². The molecule has 0 amide bonds. The molecule has 1 N–H and O–H groups in total. The van der Waals surface area contributed by atoms with Gasteiger partial charge in [-0.05, 0) is 85.9 Å². The van der Waals surface area contributed by atoms with Crippen molar-refractivity contribution in [1.82, 2.24) is 0 Å². The van der Waals surface area contributed by atoms with Crippen LogP contribution in [-0.2, 0) is 0 Å². The molecule has 0 aliphatic heterocycles. The summed E-state index contributed by atoms with van der Waals surface area (Å²) in [6, 6.07) is 0. The van der Waals surface area contributed by atoms with Crippen LogP contribution in [0.5, 0.6) is 0 Å². The highest BCUT2D eigenvalue weighted by Gasteiger charge is 2.58. The lowest BCUT2D eigenvalue weighted by Crippen LogP contribution is -2.50. The van der Waals surface area contributed by atoms with Gasteiger partial charge < -0.3 is 5.11 Å². The van der Waals surface area contributed by atoms with Crippen LogP contribution in [0.3, 0.4) is 0 Å². The fraction of sp³-hybridized carbons (Fsp3) is 0.905. The van der Waals surface area contributed by atoms with E-state index in [9.17, 15) is 5.11 Å². The molecule has 3 fully saturated rings. The predicted octanol–water partition coefficient (Wildman–Crippen LogP) is 5.34. The summed E-state index contributed by atoms with van der Waals surface area (Å²) in [5.41, 5.74) is 2.66. The van der Waals surface area contributed by atoms with Crippen LogP contribution in [0.2, 0.25) is 0 Å². The lowest BCUT2D eigenvalue weighted by Gasteiger charge is -2.58. The summed E-state index contributed by atoms with van der Waals surface area (Å²) in [6.45, 7) is 7.58. The molecule has 0 heterocycles. The Morgan fingerprint density at radius 1 is 1.05 bits per heavy atom. The minimum Gasteiger partial charge on any atom is -0.389 e. The van der Waals surface area contributed by atoms with Crippen LogP contribution in [0.15, 0.2) is 11.6 Å². The molecule has 0 aromatic carbocycles. The molecule has 0 radical (unpaired) electrons. The molecule has 0 bridgehead atoms. The molecule has 4 aliphatic carbocycles. The molecular weight excluding hydrogens is 268 g/mol. The van der Waals surface area contributed by atoms with Crippen molar-refractivity contribution in [1.29, 1.82) is 0 Å². The van der Waals surface area contributed by atoms with Crippen LogP contribution in [0, 0.1) is 34.5 Å². The second-order valence-electron chi connectivity index (χ2n) is 9.36. The first-order valence-corrected chi connectivity index (χ1v) is 9.88. The van der Waals surface area contributed by atoms with Crippen molar-refractivity contribution in [2.75, 3.05) is 0 Å². The molecule has 4 aliphatic rings. The molecular formula is C21H34O. The normalized spacial score (nSPS) is 54.2. The average molecular weight is 303 g/mol. The van der Waals surface area contributed by atoms with Crippen molar-refractivity contribution >= 4 is 0 Å². The summed E-state index contributed by atoms with van der Waals surface area (Å²) in [5.74, 6) is 3.83. The first-order chi connectivity index (χ1) is 10.5. The molecule has 7 atom stereocenters. The van der Waals surface area contributed by atoms with Crippen LogP contribution in [0.25, 0.3) is 0 Å². The fourth-order valence-electron chi connectivity index (χ4n) is 7.49. The molecule has 124 valence electrons. The molecule has 0 saturated heterocycles. The number of fused-ring (bicyclic) bond motifs is 5. The summed E-state index contributed by atoms with van der Waals surface area (Å²) in [4.78, 5) is 0. The van der Waals surface area contributed by atoms with Gasteiger partial charge in [0, 0.05) is 0 Å². The van der Waals surface area contributed by atoms with E-state index in [4.69, 9.17) is 0 Å².